The van der Waals surface area contributed by atoms with Gasteiger partial charge in [0.15, 0.2) is 0 Å². The molecule has 2 aliphatic rings. The summed E-state index contributed by atoms with van der Waals surface area (Å²) in [4.78, 5) is 31.5. The molecular weight excluding hydrogens is 480 g/mol. The van der Waals surface area contributed by atoms with Crippen molar-refractivity contribution in [3.8, 4) is 11.3 Å². The van der Waals surface area contributed by atoms with Crippen molar-refractivity contribution < 1.29 is 9.53 Å². The molecule has 2 fully saturated rings. The third-order valence-corrected chi connectivity index (χ3v) is 7.32. The molecule has 0 aliphatic carbocycles. The van der Waals surface area contributed by atoms with Crippen LogP contribution in [-0.2, 0) is 18.3 Å². The van der Waals surface area contributed by atoms with Crippen LogP contribution in [0.2, 0.25) is 0 Å². The smallest absolute Gasteiger partial charge is 0.257 e. The van der Waals surface area contributed by atoms with Gasteiger partial charge in [-0.2, -0.15) is 5.10 Å². The first kappa shape index (κ1) is 24.4. The lowest BCUT2D eigenvalue weighted by atomic mass is 10.1. The number of ether oxygens (including phenoxy) is 1. The number of nitrogens with zero attached hydrogens (tertiary/aromatic N) is 7. The molecule has 0 aromatic carbocycles. The Bertz CT molecular complexity index is 1440. The first-order valence-electron chi connectivity index (χ1n) is 13.2. The Morgan fingerprint density at radius 2 is 1.84 bits per heavy atom. The molecule has 2 saturated heterocycles. The Morgan fingerprint density at radius 3 is 2.68 bits per heavy atom. The highest BCUT2D eigenvalue weighted by molar-refractivity contribution is 6.04. The summed E-state index contributed by atoms with van der Waals surface area (Å²) in [7, 11) is 1.99. The molecule has 10 heteroatoms. The van der Waals surface area contributed by atoms with Gasteiger partial charge in [0.1, 0.15) is 11.6 Å². The minimum atomic E-state index is -0.235. The van der Waals surface area contributed by atoms with Crippen LogP contribution in [0.15, 0.2) is 48.9 Å². The number of amides is 1. The average Bonchev–Trinajstić information content (AvgIpc) is 3.33. The normalized spacial score (nSPS) is 16.6. The molecule has 0 spiro atoms. The molecule has 0 atom stereocenters. The quantitative estimate of drug-likeness (QED) is 0.419. The van der Waals surface area contributed by atoms with Gasteiger partial charge in [-0.05, 0) is 50.2 Å². The van der Waals surface area contributed by atoms with Gasteiger partial charge in [-0.3, -0.25) is 14.4 Å². The van der Waals surface area contributed by atoms with Crippen LogP contribution >= 0.6 is 0 Å². The number of anilines is 2. The Hall–Kier alpha value is -3.89. The molecule has 2 aliphatic heterocycles. The highest BCUT2D eigenvalue weighted by atomic mass is 16.5. The predicted molar refractivity (Wildman–Crippen MR) is 146 cm³/mol. The van der Waals surface area contributed by atoms with E-state index < -0.39 is 0 Å². The van der Waals surface area contributed by atoms with Crippen LogP contribution < -0.4 is 10.2 Å². The third kappa shape index (κ3) is 5.23. The summed E-state index contributed by atoms with van der Waals surface area (Å²) in [6.45, 7) is 5.94. The Kier molecular flexibility index (Phi) is 6.98. The topological polar surface area (TPSA) is 101 Å². The largest absolute Gasteiger partial charge is 0.378 e. The zero-order valence-electron chi connectivity index (χ0n) is 21.6. The number of hydrogen-bond acceptors (Lipinski definition) is 8. The number of aromatic nitrogens is 5. The minimum absolute atomic E-state index is 0.235. The molecule has 6 heterocycles. The van der Waals surface area contributed by atoms with Crippen LogP contribution in [0.1, 0.15) is 35.3 Å². The van der Waals surface area contributed by atoms with E-state index in [9.17, 15) is 4.79 Å². The molecule has 196 valence electrons. The number of pyridine rings is 3. The van der Waals surface area contributed by atoms with E-state index in [4.69, 9.17) is 9.72 Å². The van der Waals surface area contributed by atoms with Crippen LogP contribution in [0.4, 0.5) is 11.6 Å². The molecule has 0 saturated carbocycles. The highest BCUT2D eigenvalue weighted by Crippen LogP contribution is 2.27. The Morgan fingerprint density at radius 1 is 1.00 bits per heavy atom. The SMILES string of the molecule is Cn1ncc(-c2ccc3cnc(NC(=O)c4ccnc(N5CCOCC5)c4)cc3n2)c1CN1CCCCC1. The molecule has 1 N–H and O–H groups in total. The van der Waals surface area contributed by atoms with Gasteiger partial charge in [0, 0.05) is 61.7 Å². The second kappa shape index (κ2) is 10.8. The van der Waals surface area contributed by atoms with Gasteiger partial charge in [-0.25, -0.2) is 15.0 Å². The number of piperidine rings is 1. The number of carbonyl (C=O) groups is 1. The second-order valence-electron chi connectivity index (χ2n) is 9.88. The molecule has 38 heavy (non-hydrogen) atoms. The average molecular weight is 513 g/mol. The summed E-state index contributed by atoms with van der Waals surface area (Å²) in [5.41, 5.74) is 4.36. The molecule has 4 aromatic rings. The number of morpholine rings is 1. The van der Waals surface area contributed by atoms with E-state index in [-0.39, 0.29) is 5.91 Å². The van der Waals surface area contributed by atoms with Gasteiger partial charge < -0.3 is 15.0 Å². The van der Waals surface area contributed by atoms with Crippen molar-refractivity contribution >= 4 is 28.4 Å². The first-order chi connectivity index (χ1) is 18.6. The molecule has 10 nitrogen and oxygen atoms in total. The molecule has 6 rings (SSSR count). The summed E-state index contributed by atoms with van der Waals surface area (Å²) in [5.74, 6) is 0.994. The number of rotatable bonds is 6. The van der Waals surface area contributed by atoms with Crippen LogP contribution in [0.25, 0.3) is 22.2 Å². The van der Waals surface area contributed by atoms with Crippen molar-refractivity contribution in [3.05, 3.63) is 60.2 Å². The van der Waals surface area contributed by atoms with E-state index in [2.05, 4.69) is 30.2 Å². The summed E-state index contributed by atoms with van der Waals surface area (Å²) in [6, 6.07) is 9.38. The van der Waals surface area contributed by atoms with E-state index in [0.29, 0.717) is 24.6 Å². The molecular formula is C28H32N8O2. The van der Waals surface area contributed by atoms with Gasteiger partial charge in [0.05, 0.1) is 36.3 Å². The maximum atomic E-state index is 13.1. The van der Waals surface area contributed by atoms with Crippen LogP contribution in [0, 0.1) is 0 Å². The number of hydrogen-bond donors (Lipinski definition) is 1. The zero-order chi connectivity index (χ0) is 25.9. The second-order valence-corrected chi connectivity index (χ2v) is 9.88. The summed E-state index contributed by atoms with van der Waals surface area (Å²) < 4.78 is 7.37. The van der Waals surface area contributed by atoms with Gasteiger partial charge in [-0.1, -0.05) is 6.42 Å². The van der Waals surface area contributed by atoms with Crippen molar-refractivity contribution in [1.29, 1.82) is 0 Å². The van der Waals surface area contributed by atoms with Crippen molar-refractivity contribution in [2.24, 2.45) is 7.05 Å². The number of nitrogens with one attached hydrogen (secondary N) is 1. The number of aryl methyl sites for hydroxylation is 1. The zero-order valence-corrected chi connectivity index (χ0v) is 21.6. The van der Waals surface area contributed by atoms with E-state index >= 15 is 0 Å². The van der Waals surface area contributed by atoms with Gasteiger partial charge in [0.25, 0.3) is 5.91 Å². The standard InChI is InChI=1S/C28H32N8O2/c1-34-25(19-35-9-3-2-4-10-35)22(18-31-34)23-6-5-21-17-30-26(16-24(21)32-23)33-28(37)20-7-8-29-27(15-20)36-11-13-38-14-12-36/h5-8,15-18H,2-4,9-14,19H2,1H3,(H,30,33,37). The Balaban J connectivity index is 1.22. The predicted octanol–water partition coefficient (Wildman–Crippen LogP) is 3.50. The third-order valence-electron chi connectivity index (χ3n) is 7.32. The van der Waals surface area contributed by atoms with Gasteiger partial charge in [-0.15, -0.1) is 0 Å². The lowest BCUT2D eigenvalue weighted by Crippen LogP contribution is -2.36. The fourth-order valence-electron chi connectivity index (χ4n) is 5.14. The fraction of sp³-hybridized carbons (Fsp3) is 0.393. The van der Waals surface area contributed by atoms with Gasteiger partial charge in [0.2, 0.25) is 0 Å². The van der Waals surface area contributed by atoms with Gasteiger partial charge >= 0.3 is 0 Å². The number of likely N-dealkylation sites (tertiary alicyclic amines) is 1. The van der Waals surface area contributed by atoms with Crippen LogP contribution in [0.3, 0.4) is 0 Å². The minimum Gasteiger partial charge on any atom is -0.378 e. The molecule has 4 aromatic heterocycles. The van der Waals surface area contributed by atoms with Crippen molar-refractivity contribution in [2.45, 2.75) is 25.8 Å². The number of fused-ring (bicyclic) bond motifs is 1. The molecule has 1 amide bonds. The lowest BCUT2D eigenvalue weighted by molar-refractivity contribution is 0.102. The fourth-order valence-corrected chi connectivity index (χ4v) is 5.14. The van der Waals surface area contributed by atoms with Crippen molar-refractivity contribution in [2.75, 3.05) is 49.6 Å². The summed E-state index contributed by atoms with van der Waals surface area (Å²) >= 11 is 0. The summed E-state index contributed by atoms with van der Waals surface area (Å²) in [6.07, 6.45) is 9.10. The van der Waals surface area contributed by atoms with E-state index in [1.165, 1.54) is 19.3 Å². The summed E-state index contributed by atoms with van der Waals surface area (Å²) in [5, 5.41) is 8.37. The Labute approximate surface area is 221 Å². The molecule has 0 radical (unpaired) electrons. The molecule has 0 unspecified atom stereocenters. The van der Waals surface area contributed by atoms with Crippen LogP contribution in [0.5, 0.6) is 0 Å². The first-order valence-corrected chi connectivity index (χ1v) is 13.2. The van der Waals surface area contributed by atoms with Crippen molar-refractivity contribution in [3.63, 3.8) is 0 Å². The van der Waals surface area contributed by atoms with E-state index in [0.717, 1.165) is 66.4 Å². The maximum Gasteiger partial charge on any atom is 0.257 e. The van der Waals surface area contributed by atoms with Crippen LogP contribution in [-0.4, -0.2) is 74.9 Å². The monoisotopic (exact) mass is 512 g/mol. The van der Waals surface area contributed by atoms with Crippen molar-refractivity contribution in [1.82, 2.24) is 29.6 Å². The van der Waals surface area contributed by atoms with E-state index in [1.54, 1.807) is 18.5 Å². The lowest BCUT2D eigenvalue weighted by Gasteiger charge is -2.27. The van der Waals surface area contributed by atoms with E-state index in [1.807, 2.05) is 42.2 Å². The highest BCUT2D eigenvalue weighted by Gasteiger charge is 2.19. The molecule has 0 bridgehead atoms. The number of carbonyl (C=O) groups excluding carboxylic acids is 1. The maximum absolute atomic E-state index is 13.1.